The molecule has 2 aromatic rings. The second-order valence-electron chi connectivity index (χ2n) is 5.35. The van der Waals surface area contributed by atoms with Crippen LogP contribution in [0.2, 0.25) is 0 Å². The number of hydrogen-bond acceptors (Lipinski definition) is 5. The number of para-hydroxylation sites is 1. The van der Waals surface area contributed by atoms with Gasteiger partial charge >= 0.3 is 0 Å². The van der Waals surface area contributed by atoms with Crippen LogP contribution >= 0.6 is 0 Å². The van der Waals surface area contributed by atoms with E-state index in [-0.39, 0.29) is 5.91 Å². The van der Waals surface area contributed by atoms with Gasteiger partial charge in [-0.25, -0.2) is 0 Å². The van der Waals surface area contributed by atoms with E-state index in [1.165, 1.54) is 0 Å². The van der Waals surface area contributed by atoms with Gasteiger partial charge < -0.3 is 23.8 Å². The summed E-state index contributed by atoms with van der Waals surface area (Å²) < 4.78 is 21.4. The number of nitrogens with zero attached hydrogens (tertiary/aromatic N) is 1. The van der Waals surface area contributed by atoms with Crippen molar-refractivity contribution >= 4 is 5.91 Å². The van der Waals surface area contributed by atoms with E-state index in [4.69, 9.17) is 18.9 Å². The number of amides is 1. The highest BCUT2D eigenvalue weighted by atomic mass is 16.5. The first-order valence-corrected chi connectivity index (χ1v) is 7.73. The molecule has 2 rings (SSSR count). The normalized spacial score (nSPS) is 10.1. The van der Waals surface area contributed by atoms with Gasteiger partial charge in [0.05, 0.1) is 34.0 Å². The quantitative estimate of drug-likeness (QED) is 0.772. The zero-order valence-corrected chi connectivity index (χ0v) is 15.2. The summed E-state index contributed by atoms with van der Waals surface area (Å²) in [6.45, 7) is 0.348. The molecule has 0 heterocycles. The van der Waals surface area contributed by atoms with Crippen molar-refractivity contribution in [3.63, 3.8) is 0 Å². The fourth-order valence-electron chi connectivity index (χ4n) is 2.64. The van der Waals surface area contributed by atoms with Gasteiger partial charge in [-0.05, 0) is 24.3 Å². The Labute approximate surface area is 147 Å². The monoisotopic (exact) mass is 345 g/mol. The summed E-state index contributed by atoms with van der Waals surface area (Å²) in [5, 5.41) is 0. The van der Waals surface area contributed by atoms with Crippen LogP contribution in [0.1, 0.15) is 15.9 Å². The lowest BCUT2D eigenvalue weighted by atomic mass is 10.1. The number of carbonyl (C=O) groups excluding carboxylic acids is 1. The first kappa shape index (κ1) is 18.4. The smallest absolute Gasteiger partial charge is 0.257 e. The molecule has 0 saturated carbocycles. The van der Waals surface area contributed by atoms with Crippen LogP contribution in [0.5, 0.6) is 23.0 Å². The molecule has 0 atom stereocenters. The molecule has 0 fully saturated rings. The van der Waals surface area contributed by atoms with E-state index < -0.39 is 0 Å². The van der Waals surface area contributed by atoms with Crippen LogP contribution in [-0.2, 0) is 6.54 Å². The van der Waals surface area contributed by atoms with Crippen LogP contribution in [0, 0.1) is 0 Å². The third-order valence-electron chi connectivity index (χ3n) is 3.88. The molecule has 0 aliphatic carbocycles. The lowest BCUT2D eigenvalue weighted by Gasteiger charge is -2.21. The summed E-state index contributed by atoms with van der Waals surface area (Å²) in [4.78, 5) is 14.4. The van der Waals surface area contributed by atoms with Crippen molar-refractivity contribution in [3.05, 3.63) is 47.5 Å². The number of benzene rings is 2. The van der Waals surface area contributed by atoms with Crippen molar-refractivity contribution in [1.82, 2.24) is 4.90 Å². The van der Waals surface area contributed by atoms with E-state index in [1.54, 1.807) is 64.7 Å². The Morgan fingerprint density at radius 2 is 1.48 bits per heavy atom. The molecular weight excluding hydrogens is 322 g/mol. The molecule has 1 amide bonds. The number of ether oxygens (including phenoxy) is 4. The highest BCUT2D eigenvalue weighted by Gasteiger charge is 2.20. The van der Waals surface area contributed by atoms with Gasteiger partial charge in [-0.2, -0.15) is 0 Å². The lowest BCUT2D eigenvalue weighted by Crippen LogP contribution is -2.26. The van der Waals surface area contributed by atoms with Crippen molar-refractivity contribution in [1.29, 1.82) is 0 Å². The SMILES string of the molecule is COc1ccccc1C(=O)N(C)Cc1ccc(OC)c(OC)c1OC. The zero-order chi connectivity index (χ0) is 18.4. The van der Waals surface area contributed by atoms with Crippen molar-refractivity contribution < 1.29 is 23.7 Å². The Kier molecular flexibility index (Phi) is 6.11. The fraction of sp³-hybridized carbons (Fsp3) is 0.316. The second kappa shape index (κ2) is 8.28. The zero-order valence-electron chi connectivity index (χ0n) is 15.2. The van der Waals surface area contributed by atoms with Crippen molar-refractivity contribution in [3.8, 4) is 23.0 Å². The van der Waals surface area contributed by atoms with E-state index in [1.807, 2.05) is 12.1 Å². The van der Waals surface area contributed by atoms with Crippen LogP contribution in [-0.4, -0.2) is 46.3 Å². The number of rotatable bonds is 7. The highest BCUT2D eigenvalue weighted by molar-refractivity contribution is 5.96. The third kappa shape index (κ3) is 3.79. The van der Waals surface area contributed by atoms with Gasteiger partial charge in [0.15, 0.2) is 11.5 Å². The van der Waals surface area contributed by atoms with E-state index in [0.717, 1.165) is 5.56 Å². The predicted molar refractivity (Wildman–Crippen MR) is 94.9 cm³/mol. The van der Waals surface area contributed by atoms with E-state index in [0.29, 0.717) is 35.1 Å². The first-order valence-electron chi connectivity index (χ1n) is 7.73. The topological polar surface area (TPSA) is 57.2 Å². The summed E-state index contributed by atoms with van der Waals surface area (Å²) >= 11 is 0. The summed E-state index contributed by atoms with van der Waals surface area (Å²) in [5.41, 5.74) is 1.32. The van der Waals surface area contributed by atoms with Crippen LogP contribution in [0.3, 0.4) is 0 Å². The molecule has 134 valence electrons. The molecule has 2 aromatic carbocycles. The summed E-state index contributed by atoms with van der Waals surface area (Å²) in [7, 11) is 7.94. The van der Waals surface area contributed by atoms with Crippen LogP contribution in [0.15, 0.2) is 36.4 Å². The van der Waals surface area contributed by atoms with Gasteiger partial charge in [-0.1, -0.05) is 12.1 Å². The van der Waals surface area contributed by atoms with Crippen molar-refractivity contribution in [2.24, 2.45) is 0 Å². The van der Waals surface area contributed by atoms with E-state index in [9.17, 15) is 4.79 Å². The Bertz CT molecular complexity index is 745. The molecule has 6 nitrogen and oxygen atoms in total. The Hall–Kier alpha value is -2.89. The molecule has 0 aliphatic heterocycles. The molecule has 0 aromatic heterocycles. The maximum absolute atomic E-state index is 12.8. The van der Waals surface area contributed by atoms with Gasteiger partial charge in [0.1, 0.15) is 5.75 Å². The summed E-state index contributed by atoms with van der Waals surface area (Å²) in [5.74, 6) is 2.01. The second-order valence-corrected chi connectivity index (χ2v) is 5.35. The summed E-state index contributed by atoms with van der Waals surface area (Å²) in [6, 6.07) is 10.8. The Morgan fingerprint density at radius 1 is 0.840 bits per heavy atom. The molecule has 0 N–H and O–H groups in total. The molecule has 6 heteroatoms. The maximum atomic E-state index is 12.8. The molecule has 25 heavy (non-hydrogen) atoms. The highest BCUT2D eigenvalue weighted by Crippen LogP contribution is 2.40. The summed E-state index contributed by atoms with van der Waals surface area (Å²) in [6.07, 6.45) is 0. The molecule has 0 saturated heterocycles. The van der Waals surface area contributed by atoms with Crippen LogP contribution in [0.4, 0.5) is 0 Å². The molecular formula is C19H23NO5. The Morgan fingerprint density at radius 3 is 2.08 bits per heavy atom. The third-order valence-corrected chi connectivity index (χ3v) is 3.88. The number of hydrogen-bond donors (Lipinski definition) is 0. The number of methoxy groups -OCH3 is 4. The maximum Gasteiger partial charge on any atom is 0.257 e. The van der Waals surface area contributed by atoms with Gasteiger partial charge in [-0.3, -0.25) is 4.79 Å². The van der Waals surface area contributed by atoms with Crippen LogP contribution < -0.4 is 18.9 Å². The fourth-order valence-corrected chi connectivity index (χ4v) is 2.64. The minimum absolute atomic E-state index is 0.144. The molecule has 0 spiro atoms. The number of carbonyl (C=O) groups is 1. The lowest BCUT2D eigenvalue weighted by molar-refractivity contribution is 0.0780. The largest absolute Gasteiger partial charge is 0.496 e. The van der Waals surface area contributed by atoms with Gasteiger partial charge in [0.2, 0.25) is 5.75 Å². The standard InChI is InChI=1S/C19H23NO5/c1-20(19(21)14-8-6-7-9-15(14)22-2)12-13-10-11-16(23-3)18(25-5)17(13)24-4/h6-11H,12H2,1-5H3. The van der Waals surface area contributed by atoms with E-state index >= 15 is 0 Å². The van der Waals surface area contributed by atoms with Crippen LogP contribution in [0.25, 0.3) is 0 Å². The molecule has 0 bridgehead atoms. The average molecular weight is 345 g/mol. The molecule has 0 unspecified atom stereocenters. The Balaban J connectivity index is 2.31. The van der Waals surface area contributed by atoms with Gasteiger partial charge in [-0.15, -0.1) is 0 Å². The minimum atomic E-state index is -0.144. The minimum Gasteiger partial charge on any atom is -0.496 e. The van der Waals surface area contributed by atoms with E-state index in [2.05, 4.69) is 0 Å². The molecule has 0 aliphatic rings. The predicted octanol–water partition coefficient (Wildman–Crippen LogP) is 2.99. The van der Waals surface area contributed by atoms with Gasteiger partial charge in [0, 0.05) is 19.2 Å². The average Bonchev–Trinajstić information content (AvgIpc) is 2.66. The van der Waals surface area contributed by atoms with Crippen molar-refractivity contribution in [2.45, 2.75) is 6.54 Å². The molecule has 0 radical (unpaired) electrons. The van der Waals surface area contributed by atoms with Gasteiger partial charge in [0.25, 0.3) is 5.91 Å². The van der Waals surface area contributed by atoms with Crippen molar-refractivity contribution in [2.75, 3.05) is 35.5 Å². The first-order chi connectivity index (χ1) is 12.1.